The molecule has 0 aliphatic carbocycles. The van der Waals surface area contributed by atoms with Gasteiger partial charge in [-0.25, -0.2) is 0 Å². The minimum absolute atomic E-state index is 0.150. The molecule has 0 bridgehead atoms. The highest BCUT2D eigenvalue weighted by Gasteiger charge is 2.38. The van der Waals surface area contributed by atoms with E-state index in [1.54, 1.807) is 30.5 Å². The first-order chi connectivity index (χ1) is 12.2. The number of morpholine rings is 1. The van der Waals surface area contributed by atoms with Crippen molar-refractivity contribution >= 4 is 16.8 Å². The van der Waals surface area contributed by atoms with Gasteiger partial charge >= 0.3 is 0 Å². The van der Waals surface area contributed by atoms with E-state index >= 15 is 0 Å². The summed E-state index contributed by atoms with van der Waals surface area (Å²) in [4.78, 5) is 15.7. The number of hydrogen-bond acceptors (Lipinski definition) is 4. The van der Waals surface area contributed by atoms with Crippen molar-refractivity contribution in [3.8, 4) is 5.75 Å². The number of aromatic nitrogens is 1. The Morgan fingerprint density at radius 3 is 2.60 bits per heavy atom. The van der Waals surface area contributed by atoms with Crippen LogP contribution in [0.2, 0.25) is 0 Å². The Bertz CT molecular complexity index is 903. The number of hydrogen-bond donors (Lipinski definition) is 4. The summed E-state index contributed by atoms with van der Waals surface area (Å²) in [6, 6.07) is 13.7. The van der Waals surface area contributed by atoms with Crippen LogP contribution in [0.4, 0.5) is 0 Å². The highest BCUT2D eigenvalue weighted by atomic mass is 16.5. The fraction of sp³-hybridized carbons (Fsp3) is 0.211. The quantitative estimate of drug-likeness (QED) is 0.589. The molecule has 4 N–H and O–H groups in total. The van der Waals surface area contributed by atoms with Crippen LogP contribution in [-0.2, 0) is 9.53 Å². The van der Waals surface area contributed by atoms with Gasteiger partial charge < -0.3 is 25.3 Å². The van der Waals surface area contributed by atoms with Crippen LogP contribution in [0.15, 0.2) is 54.7 Å². The van der Waals surface area contributed by atoms with Gasteiger partial charge in [-0.3, -0.25) is 4.79 Å². The number of carbonyl (C=O) groups is 1. The topological polar surface area (TPSA) is 94.6 Å². The van der Waals surface area contributed by atoms with E-state index in [4.69, 9.17) is 4.74 Å². The van der Waals surface area contributed by atoms with Gasteiger partial charge in [-0.2, -0.15) is 0 Å². The Morgan fingerprint density at radius 1 is 1.08 bits per heavy atom. The fourth-order valence-corrected chi connectivity index (χ4v) is 3.28. The van der Waals surface area contributed by atoms with Crippen LogP contribution in [0.5, 0.6) is 5.75 Å². The number of benzene rings is 2. The highest BCUT2D eigenvalue weighted by Crippen LogP contribution is 2.36. The first-order valence-corrected chi connectivity index (χ1v) is 8.09. The molecule has 3 aromatic rings. The van der Waals surface area contributed by atoms with Crippen LogP contribution >= 0.6 is 0 Å². The molecule has 1 aromatic heterocycles. The number of rotatable bonds is 3. The second-order valence-corrected chi connectivity index (χ2v) is 6.12. The number of phenols is 1. The smallest absolute Gasteiger partial charge is 0.254 e. The van der Waals surface area contributed by atoms with E-state index < -0.39 is 18.2 Å². The van der Waals surface area contributed by atoms with Gasteiger partial charge in [-0.1, -0.05) is 30.3 Å². The maximum atomic E-state index is 12.5. The standard InChI is InChI=1S/C19H18N2O4/c22-10-16-17(11-5-7-12(23)8-6-11)25-18(19(24)21-16)14-9-20-15-4-2-1-3-13(14)15/h1-9,16-18,20,22-23H,10H2,(H,21,24). The molecular weight excluding hydrogens is 320 g/mol. The molecule has 3 unspecified atom stereocenters. The van der Waals surface area contributed by atoms with Crippen LogP contribution in [0.25, 0.3) is 10.9 Å². The Morgan fingerprint density at radius 2 is 1.84 bits per heavy atom. The van der Waals surface area contributed by atoms with Gasteiger partial charge in [0.15, 0.2) is 6.10 Å². The third-order valence-corrected chi connectivity index (χ3v) is 4.54. The monoisotopic (exact) mass is 338 g/mol. The molecule has 2 aromatic carbocycles. The molecule has 0 spiro atoms. The molecule has 2 heterocycles. The molecule has 0 radical (unpaired) electrons. The molecule has 25 heavy (non-hydrogen) atoms. The van der Waals surface area contributed by atoms with Gasteiger partial charge in [0.1, 0.15) is 11.9 Å². The van der Waals surface area contributed by atoms with Gasteiger partial charge in [-0.15, -0.1) is 0 Å². The van der Waals surface area contributed by atoms with E-state index in [0.717, 1.165) is 22.0 Å². The van der Waals surface area contributed by atoms with Crippen molar-refractivity contribution < 1.29 is 19.7 Å². The van der Waals surface area contributed by atoms with Crippen molar-refractivity contribution in [1.82, 2.24) is 10.3 Å². The number of phenolic OH excluding ortho intramolecular Hbond substituents is 1. The number of ether oxygens (including phenoxy) is 1. The third kappa shape index (κ3) is 2.75. The maximum absolute atomic E-state index is 12.5. The van der Waals surface area contributed by atoms with Gasteiger partial charge in [0.25, 0.3) is 5.91 Å². The van der Waals surface area contributed by atoms with Crippen molar-refractivity contribution in [2.24, 2.45) is 0 Å². The first kappa shape index (κ1) is 15.7. The Kier molecular flexibility index (Phi) is 3.91. The predicted molar refractivity (Wildman–Crippen MR) is 92.0 cm³/mol. The minimum Gasteiger partial charge on any atom is -0.508 e. The number of nitrogens with one attached hydrogen (secondary N) is 2. The normalized spacial score (nSPS) is 23.6. The zero-order valence-corrected chi connectivity index (χ0v) is 13.3. The number of aliphatic hydroxyl groups is 1. The molecule has 1 amide bonds. The summed E-state index contributed by atoms with van der Waals surface area (Å²) in [7, 11) is 0. The number of amides is 1. The zero-order chi connectivity index (χ0) is 17.4. The van der Waals surface area contributed by atoms with E-state index in [9.17, 15) is 15.0 Å². The summed E-state index contributed by atoms with van der Waals surface area (Å²) in [6.07, 6.45) is 0.488. The van der Waals surface area contributed by atoms with Crippen molar-refractivity contribution in [1.29, 1.82) is 0 Å². The van der Waals surface area contributed by atoms with Gasteiger partial charge in [0.2, 0.25) is 0 Å². The summed E-state index contributed by atoms with van der Waals surface area (Å²) >= 11 is 0. The van der Waals surface area contributed by atoms with Crippen LogP contribution < -0.4 is 5.32 Å². The highest BCUT2D eigenvalue weighted by molar-refractivity contribution is 5.91. The number of fused-ring (bicyclic) bond motifs is 1. The van der Waals surface area contributed by atoms with Crippen LogP contribution in [0, 0.1) is 0 Å². The number of aromatic amines is 1. The summed E-state index contributed by atoms with van der Waals surface area (Å²) < 4.78 is 6.11. The lowest BCUT2D eigenvalue weighted by Crippen LogP contribution is -2.50. The zero-order valence-electron chi connectivity index (χ0n) is 13.3. The molecule has 1 aliphatic rings. The molecule has 6 nitrogen and oxygen atoms in total. The number of aliphatic hydroxyl groups excluding tert-OH is 1. The Hall–Kier alpha value is -2.83. The van der Waals surface area contributed by atoms with Crippen molar-refractivity contribution in [3.05, 3.63) is 65.9 Å². The first-order valence-electron chi connectivity index (χ1n) is 8.09. The molecule has 1 aliphatic heterocycles. The lowest BCUT2D eigenvalue weighted by Gasteiger charge is -2.36. The molecule has 1 fully saturated rings. The van der Waals surface area contributed by atoms with Gasteiger partial charge in [0, 0.05) is 22.7 Å². The van der Waals surface area contributed by atoms with Crippen LogP contribution in [0.3, 0.4) is 0 Å². The molecule has 4 rings (SSSR count). The molecular formula is C19H18N2O4. The van der Waals surface area contributed by atoms with E-state index in [-0.39, 0.29) is 18.3 Å². The lowest BCUT2D eigenvalue weighted by atomic mass is 9.97. The number of para-hydroxylation sites is 1. The van der Waals surface area contributed by atoms with Crippen molar-refractivity contribution in [2.75, 3.05) is 6.61 Å². The molecule has 3 atom stereocenters. The SMILES string of the molecule is O=C1NC(CO)C(c2ccc(O)cc2)OC1c1c[nH]c2ccccc12. The van der Waals surface area contributed by atoms with Crippen molar-refractivity contribution in [3.63, 3.8) is 0 Å². The number of carbonyl (C=O) groups excluding carboxylic acids is 1. The largest absolute Gasteiger partial charge is 0.508 e. The van der Waals surface area contributed by atoms with E-state index in [0.29, 0.717) is 0 Å². The lowest BCUT2D eigenvalue weighted by molar-refractivity contribution is -0.152. The van der Waals surface area contributed by atoms with E-state index in [1.165, 1.54) is 0 Å². The molecule has 1 saturated heterocycles. The molecule has 6 heteroatoms. The summed E-state index contributed by atoms with van der Waals surface area (Å²) in [5.41, 5.74) is 2.47. The van der Waals surface area contributed by atoms with Gasteiger partial charge in [-0.05, 0) is 23.8 Å². The second-order valence-electron chi connectivity index (χ2n) is 6.12. The van der Waals surface area contributed by atoms with Crippen molar-refractivity contribution in [2.45, 2.75) is 18.2 Å². The third-order valence-electron chi connectivity index (χ3n) is 4.54. The number of aromatic hydroxyl groups is 1. The Labute approximate surface area is 144 Å². The van der Waals surface area contributed by atoms with E-state index in [1.807, 2.05) is 24.3 Å². The van der Waals surface area contributed by atoms with Crippen LogP contribution in [-0.4, -0.2) is 33.8 Å². The predicted octanol–water partition coefficient (Wildman–Crippen LogP) is 2.16. The minimum atomic E-state index is -0.780. The molecule has 0 saturated carbocycles. The Balaban J connectivity index is 1.71. The van der Waals surface area contributed by atoms with Gasteiger partial charge in [0.05, 0.1) is 12.6 Å². The second kappa shape index (κ2) is 6.23. The maximum Gasteiger partial charge on any atom is 0.254 e. The van der Waals surface area contributed by atoms with E-state index in [2.05, 4.69) is 10.3 Å². The summed E-state index contributed by atoms with van der Waals surface area (Å²) in [5.74, 6) is -0.129. The molecule has 128 valence electrons. The average Bonchev–Trinajstić information content (AvgIpc) is 3.06. The fourth-order valence-electron chi connectivity index (χ4n) is 3.28. The van der Waals surface area contributed by atoms with Crippen LogP contribution in [0.1, 0.15) is 23.3 Å². The summed E-state index contributed by atoms with van der Waals surface area (Å²) in [6.45, 7) is -0.238. The summed E-state index contributed by atoms with van der Waals surface area (Å²) in [5, 5.41) is 22.9. The number of H-pyrrole nitrogens is 1. The average molecular weight is 338 g/mol.